The van der Waals surface area contributed by atoms with E-state index in [-0.39, 0.29) is 5.91 Å². The Labute approximate surface area is 137 Å². The van der Waals surface area contributed by atoms with E-state index in [0.29, 0.717) is 23.3 Å². The molecule has 1 saturated heterocycles. The number of nitrogens with one attached hydrogen (secondary N) is 1. The van der Waals surface area contributed by atoms with E-state index in [2.05, 4.69) is 33.9 Å². The van der Waals surface area contributed by atoms with Gasteiger partial charge in [-0.25, -0.2) is 4.98 Å². The monoisotopic (exact) mass is 324 g/mol. The van der Waals surface area contributed by atoms with Crippen LogP contribution in [0.4, 0.5) is 0 Å². The summed E-state index contributed by atoms with van der Waals surface area (Å²) >= 11 is 5.80. The molecular formula is C16H25ClN4O. The van der Waals surface area contributed by atoms with Crippen LogP contribution in [0.5, 0.6) is 0 Å². The second-order valence-electron chi connectivity index (χ2n) is 5.90. The first-order valence-electron chi connectivity index (χ1n) is 7.94. The second kappa shape index (κ2) is 8.46. The first kappa shape index (κ1) is 17.2. The third kappa shape index (κ3) is 5.23. The molecule has 1 N–H and O–H groups in total. The molecule has 0 bridgehead atoms. The second-order valence-corrected chi connectivity index (χ2v) is 6.28. The summed E-state index contributed by atoms with van der Waals surface area (Å²) in [5.41, 5.74) is 0.372. The third-order valence-electron chi connectivity index (χ3n) is 4.04. The maximum absolute atomic E-state index is 12.0. The molecule has 1 fully saturated rings. The number of pyridine rings is 1. The molecule has 1 aliphatic rings. The van der Waals surface area contributed by atoms with Crippen LogP contribution < -0.4 is 5.32 Å². The van der Waals surface area contributed by atoms with Gasteiger partial charge in [-0.15, -0.1) is 0 Å². The van der Waals surface area contributed by atoms with Crippen LogP contribution in [0.1, 0.15) is 24.3 Å². The predicted molar refractivity (Wildman–Crippen MR) is 89.3 cm³/mol. The van der Waals surface area contributed by atoms with Crippen LogP contribution in [0.2, 0.25) is 5.15 Å². The molecule has 5 nitrogen and oxygen atoms in total. The predicted octanol–water partition coefficient (Wildman–Crippen LogP) is 1.74. The first-order chi connectivity index (χ1) is 10.6. The minimum absolute atomic E-state index is 0.162. The Balaban J connectivity index is 1.71. The Kier molecular flexibility index (Phi) is 6.61. The van der Waals surface area contributed by atoms with E-state index in [4.69, 9.17) is 11.6 Å². The fraction of sp³-hybridized carbons (Fsp3) is 0.625. The van der Waals surface area contributed by atoms with Crippen LogP contribution in [0.15, 0.2) is 18.2 Å². The highest BCUT2D eigenvalue weighted by Crippen LogP contribution is 2.07. The minimum atomic E-state index is -0.162. The molecule has 1 aliphatic heterocycles. The lowest BCUT2D eigenvalue weighted by atomic mass is 10.1. The highest BCUT2D eigenvalue weighted by molar-refractivity contribution is 6.29. The van der Waals surface area contributed by atoms with E-state index in [9.17, 15) is 4.79 Å². The fourth-order valence-corrected chi connectivity index (χ4v) is 2.85. The van der Waals surface area contributed by atoms with Crippen molar-refractivity contribution in [1.29, 1.82) is 0 Å². The van der Waals surface area contributed by atoms with E-state index in [1.54, 1.807) is 18.2 Å². The van der Waals surface area contributed by atoms with Gasteiger partial charge in [-0.1, -0.05) is 31.5 Å². The molecule has 0 spiro atoms. The molecule has 0 aromatic carbocycles. The van der Waals surface area contributed by atoms with Crippen LogP contribution in [-0.4, -0.2) is 66.5 Å². The summed E-state index contributed by atoms with van der Waals surface area (Å²) in [6.07, 6.45) is 0. The van der Waals surface area contributed by atoms with E-state index >= 15 is 0 Å². The Bertz CT molecular complexity index is 489. The summed E-state index contributed by atoms with van der Waals surface area (Å²) in [4.78, 5) is 21.0. The van der Waals surface area contributed by atoms with E-state index in [1.807, 2.05) is 0 Å². The quantitative estimate of drug-likeness (QED) is 0.810. The lowest BCUT2D eigenvalue weighted by Gasteiger charge is -2.35. The number of hydrogen-bond donors (Lipinski definition) is 1. The van der Waals surface area contributed by atoms with Crippen LogP contribution >= 0.6 is 11.6 Å². The van der Waals surface area contributed by atoms with Crippen molar-refractivity contribution in [2.24, 2.45) is 5.92 Å². The molecule has 6 heteroatoms. The van der Waals surface area contributed by atoms with Gasteiger partial charge in [0, 0.05) is 39.3 Å². The summed E-state index contributed by atoms with van der Waals surface area (Å²) in [6, 6.07) is 5.08. The minimum Gasteiger partial charge on any atom is -0.350 e. The number of halogens is 1. The van der Waals surface area contributed by atoms with Gasteiger partial charge in [-0.3, -0.25) is 4.79 Å². The number of aromatic nitrogens is 1. The number of nitrogens with zero attached hydrogens (tertiary/aromatic N) is 3. The lowest BCUT2D eigenvalue weighted by Crippen LogP contribution is -2.48. The molecule has 1 amide bonds. The number of hydrogen-bond acceptors (Lipinski definition) is 4. The van der Waals surface area contributed by atoms with Crippen molar-refractivity contribution in [2.45, 2.75) is 13.8 Å². The largest absolute Gasteiger partial charge is 0.350 e. The zero-order chi connectivity index (χ0) is 15.9. The molecule has 1 aromatic rings. The van der Waals surface area contributed by atoms with Crippen molar-refractivity contribution < 1.29 is 4.79 Å². The Morgan fingerprint density at radius 2 is 2.00 bits per heavy atom. The Morgan fingerprint density at radius 1 is 1.32 bits per heavy atom. The summed E-state index contributed by atoms with van der Waals surface area (Å²) in [5, 5.41) is 3.28. The van der Waals surface area contributed by atoms with Crippen molar-refractivity contribution in [1.82, 2.24) is 20.1 Å². The summed E-state index contributed by atoms with van der Waals surface area (Å²) in [6.45, 7) is 11.7. The maximum atomic E-state index is 12.0. The number of rotatable bonds is 6. The van der Waals surface area contributed by atoms with Gasteiger partial charge < -0.3 is 15.1 Å². The molecule has 1 aromatic heterocycles. The van der Waals surface area contributed by atoms with Crippen LogP contribution in [0.3, 0.4) is 0 Å². The van der Waals surface area contributed by atoms with Crippen molar-refractivity contribution in [2.75, 3.05) is 45.8 Å². The average molecular weight is 325 g/mol. The smallest absolute Gasteiger partial charge is 0.269 e. The third-order valence-corrected chi connectivity index (χ3v) is 4.25. The number of amides is 1. The zero-order valence-electron chi connectivity index (χ0n) is 13.4. The number of likely N-dealkylation sites (N-methyl/N-ethyl adjacent to an activating group) is 1. The van der Waals surface area contributed by atoms with Gasteiger partial charge in [0.1, 0.15) is 10.8 Å². The average Bonchev–Trinajstić information content (AvgIpc) is 2.53. The number of carbonyl (C=O) groups is 1. The van der Waals surface area contributed by atoms with Crippen LogP contribution in [-0.2, 0) is 0 Å². The van der Waals surface area contributed by atoms with Gasteiger partial charge in [-0.05, 0) is 24.6 Å². The number of carbonyl (C=O) groups excluding carboxylic acids is 1. The fourth-order valence-electron chi connectivity index (χ4n) is 2.69. The standard InChI is InChI=1S/C16H25ClN4O/c1-3-20-7-9-21(10-8-20)12-13(2)11-18-16(22)14-5-4-6-15(17)19-14/h4-6,13H,3,7-12H2,1-2H3,(H,18,22). The maximum Gasteiger partial charge on any atom is 0.269 e. The lowest BCUT2D eigenvalue weighted by molar-refractivity contribution is 0.0929. The van der Waals surface area contributed by atoms with Gasteiger partial charge in [0.15, 0.2) is 0 Å². The molecule has 1 atom stereocenters. The Morgan fingerprint density at radius 3 is 2.64 bits per heavy atom. The van der Waals surface area contributed by atoms with Crippen LogP contribution in [0, 0.1) is 5.92 Å². The molecule has 0 radical (unpaired) electrons. The summed E-state index contributed by atoms with van der Waals surface area (Å²) in [7, 11) is 0. The van der Waals surface area contributed by atoms with Gasteiger partial charge in [0.2, 0.25) is 0 Å². The van der Waals surface area contributed by atoms with Gasteiger partial charge in [0.25, 0.3) is 5.91 Å². The molecule has 1 unspecified atom stereocenters. The topological polar surface area (TPSA) is 48.5 Å². The highest BCUT2D eigenvalue weighted by Gasteiger charge is 2.18. The molecule has 0 saturated carbocycles. The van der Waals surface area contributed by atoms with E-state index < -0.39 is 0 Å². The molecule has 122 valence electrons. The molecule has 2 rings (SSSR count). The normalized spacial score (nSPS) is 18.1. The summed E-state index contributed by atoms with van der Waals surface area (Å²) in [5.74, 6) is 0.251. The SMILES string of the molecule is CCN1CCN(CC(C)CNC(=O)c2cccc(Cl)n2)CC1. The van der Waals surface area contributed by atoms with Crippen molar-refractivity contribution in [3.63, 3.8) is 0 Å². The Hall–Kier alpha value is -1.17. The van der Waals surface area contributed by atoms with E-state index in [0.717, 1.165) is 39.3 Å². The van der Waals surface area contributed by atoms with Gasteiger partial charge >= 0.3 is 0 Å². The van der Waals surface area contributed by atoms with Crippen molar-refractivity contribution in [3.8, 4) is 0 Å². The van der Waals surface area contributed by atoms with Gasteiger partial charge in [-0.2, -0.15) is 0 Å². The highest BCUT2D eigenvalue weighted by atomic mass is 35.5. The van der Waals surface area contributed by atoms with Gasteiger partial charge in [0.05, 0.1) is 0 Å². The number of piperazine rings is 1. The van der Waals surface area contributed by atoms with E-state index in [1.165, 1.54) is 0 Å². The molecular weight excluding hydrogens is 300 g/mol. The zero-order valence-corrected chi connectivity index (χ0v) is 14.1. The molecule has 0 aliphatic carbocycles. The van der Waals surface area contributed by atoms with Crippen LogP contribution in [0.25, 0.3) is 0 Å². The van der Waals surface area contributed by atoms with Crippen molar-refractivity contribution in [3.05, 3.63) is 29.0 Å². The molecule has 2 heterocycles. The van der Waals surface area contributed by atoms with Crippen molar-refractivity contribution >= 4 is 17.5 Å². The molecule has 22 heavy (non-hydrogen) atoms. The summed E-state index contributed by atoms with van der Waals surface area (Å²) < 4.78 is 0. The first-order valence-corrected chi connectivity index (χ1v) is 8.31.